The summed E-state index contributed by atoms with van der Waals surface area (Å²) in [5, 5.41) is 7.29. The van der Waals surface area contributed by atoms with E-state index in [1.54, 1.807) is 24.1 Å². The molecule has 0 unspecified atom stereocenters. The highest BCUT2D eigenvalue weighted by atomic mass is 32.2. The van der Waals surface area contributed by atoms with E-state index < -0.39 is 0 Å². The predicted molar refractivity (Wildman–Crippen MR) is 76.1 cm³/mol. The number of amides is 1. The van der Waals surface area contributed by atoms with Gasteiger partial charge in [0.05, 0.1) is 5.75 Å². The normalized spacial score (nSPS) is 10.4. The van der Waals surface area contributed by atoms with Crippen molar-refractivity contribution >= 4 is 29.0 Å². The van der Waals surface area contributed by atoms with E-state index in [-0.39, 0.29) is 11.7 Å². The van der Waals surface area contributed by atoms with Crippen molar-refractivity contribution in [1.82, 2.24) is 15.2 Å². The van der Waals surface area contributed by atoms with Gasteiger partial charge >= 0.3 is 0 Å². The van der Waals surface area contributed by atoms with Crippen LogP contribution < -0.4 is 10.6 Å². The van der Waals surface area contributed by atoms with E-state index in [9.17, 15) is 4.79 Å². The maximum atomic E-state index is 12.0. The lowest BCUT2D eigenvalue weighted by atomic mass is 10.2. The summed E-state index contributed by atoms with van der Waals surface area (Å²) in [6.45, 7) is 1.82. The Morgan fingerprint density at radius 3 is 2.68 bits per heavy atom. The summed E-state index contributed by atoms with van der Waals surface area (Å²) in [5.74, 6) is 1.01. The van der Waals surface area contributed by atoms with Crippen LogP contribution in [0.5, 0.6) is 0 Å². The third-order valence-electron chi connectivity index (χ3n) is 2.56. The Morgan fingerprint density at radius 1 is 1.42 bits per heavy atom. The molecule has 19 heavy (non-hydrogen) atoms. The van der Waals surface area contributed by atoms with Crippen LogP contribution in [0.15, 0.2) is 29.4 Å². The standard InChI is InChI=1S/C12H15N5OS/c1-8-14-12(16-15-8)19-7-11(18)17(2)10-5-3-9(13)4-6-10/h3-6H,7,13H2,1-2H3,(H,14,15,16). The number of hydrogen-bond donors (Lipinski definition) is 2. The first kappa shape index (κ1) is 13.4. The number of nitrogens with two attached hydrogens (primary N) is 1. The summed E-state index contributed by atoms with van der Waals surface area (Å²) in [5.41, 5.74) is 7.10. The third kappa shape index (κ3) is 3.47. The van der Waals surface area contributed by atoms with Crippen LogP contribution >= 0.6 is 11.8 Å². The van der Waals surface area contributed by atoms with Gasteiger partial charge in [0, 0.05) is 18.4 Å². The van der Waals surface area contributed by atoms with E-state index in [2.05, 4.69) is 15.2 Å². The highest BCUT2D eigenvalue weighted by molar-refractivity contribution is 7.99. The minimum Gasteiger partial charge on any atom is -0.399 e. The molecule has 2 aromatic rings. The highest BCUT2D eigenvalue weighted by Crippen LogP contribution is 2.18. The largest absolute Gasteiger partial charge is 0.399 e. The number of rotatable bonds is 4. The van der Waals surface area contributed by atoms with Crippen molar-refractivity contribution < 1.29 is 4.79 Å². The van der Waals surface area contributed by atoms with E-state index in [1.807, 2.05) is 19.1 Å². The average Bonchev–Trinajstić information content (AvgIpc) is 2.82. The van der Waals surface area contributed by atoms with Gasteiger partial charge in [0.1, 0.15) is 5.82 Å². The smallest absolute Gasteiger partial charge is 0.237 e. The van der Waals surface area contributed by atoms with Crippen molar-refractivity contribution in [3.8, 4) is 0 Å². The Morgan fingerprint density at radius 2 is 2.11 bits per heavy atom. The monoisotopic (exact) mass is 277 g/mol. The number of hydrogen-bond acceptors (Lipinski definition) is 5. The van der Waals surface area contributed by atoms with Crippen molar-refractivity contribution in [2.24, 2.45) is 0 Å². The van der Waals surface area contributed by atoms with Crippen LogP contribution in [0.4, 0.5) is 11.4 Å². The van der Waals surface area contributed by atoms with E-state index in [4.69, 9.17) is 5.73 Å². The summed E-state index contributed by atoms with van der Waals surface area (Å²) in [6.07, 6.45) is 0. The highest BCUT2D eigenvalue weighted by Gasteiger charge is 2.12. The number of nitrogens with zero attached hydrogens (tertiary/aromatic N) is 3. The SMILES string of the molecule is Cc1nc(SCC(=O)N(C)c2ccc(N)cc2)n[nH]1. The van der Waals surface area contributed by atoms with E-state index in [0.717, 1.165) is 11.5 Å². The van der Waals surface area contributed by atoms with E-state index in [0.29, 0.717) is 10.8 Å². The van der Waals surface area contributed by atoms with Crippen LogP contribution in [0.1, 0.15) is 5.82 Å². The van der Waals surface area contributed by atoms with Crippen LogP contribution in [0.25, 0.3) is 0 Å². The maximum absolute atomic E-state index is 12.0. The third-order valence-corrected chi connectivity index (χ3v) is 3.39. The molecular formula is C12H15N5OS. The molecule has 0 saturated carbocycles. The number of H-pyrrole nitrogens is 1. The minimum atomic E-state index is -0.0165. The molecule has 1 aromatic heterocycles. The van der Waals surface area contributed by atoms with E-state index >= 15 is 0 Å². The molecule has 7 heteroatoms. The predicted octanol–water partition coefficient (Wildman–Crippen LogP) is 1.45. The van der Waals surface area contributed by atoms with Gasteiger partial charge in [-0.2, -0.15) is 0 Å². The fourth-order valence-electron chi connectivity index (χ4n) is 1.45. The van der Waals surface area contributed by atoms with Crippen molar-refractivity contribution in [3.05, 3.63) is 30.1 Å². The Kier molecular flexibility index (Phi) is 4.06. The zero-order valence-electron chi connectivity index (χ0n) is 10.8. The lowest BCUT2D eigenvalue weighted by molar-refractivity contribution is -0.115. The van der Waals surface area contributed by atoms with Gasteiger partial charge in [-0.15, -0.1) is 5.10 Å². The summed E-state index contributed by atoms with van der Waals surface area (Å²) < 4.78 is 0. The fraction of sp³-hybridized carbons (Fsp3) is 0.250. The first-order chi connectivity index (χ1) is 9.06. The number of benzene rings is 1. The molecule has 0 saturated heterocycles. The average molecular weight is 277 g/mol. The van der Waals surface area contributed by atoms with Gasteiger partial charge in [0.25, 0.3) is 0 Å². The zero-order chi connectivity index (χ0) is 13.8. The topological polar surface area (TPSA) is 87.9 Å². The minimum absolute atomic E-state index is 0.0165. The van der Waals surface area contributed by atoms with Crippen LogP contribution in [-0.2, 0) is 4.79 Å². The molecule has 0 spiro atoms. The number of aryl methyl sites for hydroxylation is 1. The summed E-state index contributed by atoms with van der Waals surface area (Å²) in [4.78, 5) is 17.7. The molecule has 0 atom stereocenters. The number of carbonyl (C=O) groups excluding carboxylic acids is 1. The van der Waals surface area contributed by atoms with Crippen LogP contribution in [0.2, 0.25) is 0 Å². The quantitative estimate of drug-likeness (QED) is 0.652. The number of nitrogen functional groups attached to an aromatic ring is 1. The molecule has 0 aliphatic carbocycles. The van der Waals surface area contributed by atoms with Gasteiger partial charge in [-0.1, -0.05) is 11.8 Å². The van der Waals surface area contributed by atoms with Crippen molar-refractivity contribution in [2.75, 3.05) is 23.4 Å². The number of anilines is 2. The molecule has 0 aliphatic heterocycles. The molecule has 1 amide bonds. The van der Waals surface area contributed by atoms with Crippen molar-refractivity contribution in [1.29, 1.82) is 0 Å². The molecule has 0 radical (unpaired) electrons. The Hall–Kier alpha value is -2.02. The summed E-state index contributed by atoms with van der Waals surface area (Å²) in [7, 11) is 1.73. The van der Waals surface area contributed by atoms with E-state index in [1.165, 1.54) is 11.8 Å². The lowest BCUT2D eigenvalue weighted by Gasteiger charge is -2.16. The van der Waals surface area contributed by atoms with Gasteiger partial charge in [0.15, 0.2) is 0 Å². The molecule has 3 N–H and O–H groups in total. The van der Waals surface area contributed by atoms with Gasteiger partial charge < -0.3 is 10.6 Å². The number of nitrogens with one attached hydrogen (secondary N) is 1. The number of thioether (sulfide) groups is 1. The first-order valence-corrected chi connectivity index (χ1v) is 6.68. The van der Waals surface area contributed by atoms with Crippen LogP contribution in [0, 0.1) is 6.92 Å². The molecule has 0 fully saturated rings. The van der Waals surface area contributed by atoms with Crippen molar-refractivity contribution in [2.45, 2.75) is 12.1 Å². The molecule has 2 rings (SSSR count). The Balaban J connectivity index is 1.94. The maximum Gasteiger partial charge on any atom is 0.237 e. The van der Waals surface area contributed by atoms with Gasteiger partial charge in [-0.25, -0.2) is 4.98 Å². The molecule has 6 nitrogen and oxygen atoms in total. The second-order valence-corrected chi connectivity index (χ2v) is 4.98. The van der Waals surface area contributed by atoms with Crippen molar-refractivity contribution in [3.63, 3.8) is 0 Å². The molecule has 0 bridgehead atoms. The molecule has 1 heterocycles. The van der Waals surface area contributed by atoms with Gasteiger partial charge in [0.2, 0.25) is 11.1 Å². The fourth-order valence-corrected chi connectivity index (χ4v) is 2.21. The van der Waals surface area contributed by atoms with Crippen LogP contribution in [0.3, 0.4) is 0 Å². The molecule has 0 aliphatic rings. The number of aromatic nitrogens is 3. The Labute approximate surface area is 115 Å². The molecule has 1 aromatic carbocycles. The Bertz CT molecular complexity index is 566. The number of carbonyl (C=O) groups is 1. The molecular weight excluding hydrogens is 262 g/mol. The summed E-state index contributed by atoms with van der Waals surface area (Å²) >= 11 is 1.31. The van der Waals surface area contributed by atoms with Crippen LogP contribution in [-0.4, -0.2) is 33.9 Å². The van der Waals surface area contributed by atoms with Gasteiger partial charge in [-0.05, 0) is 31.2 Å². The summed E-state index contributed by atoms with van der Waals surface area (Å²) in [6, 6.07) is 7.17. The van der Waals surface area contributed by atoms with Gasteiger partial charge in [-0.3, -0.25) is 9.89 Å². The zero-order valence-corrected chi connectivity index (χ0v) is 11.6. The lowest BCUT2D eigenvalue weighted by Crippen LogP contribution is -2.27. The molecule has 100 valence electrons. The first-order valence-electron chi connectivity index (χ1n) is 5.70. The number of aromatic amines is 1. The second kappa shape index (κ2) is 5.75. The second-order valence-electron chi connectivity index (χ2n) is 4.04.